The van der Waals surface area contributed by atoms with E-state index in [4.69, 9.17) is 11.6 Å². The van der Waals surface area contributed by atoms with Crippen LogP contribution in [0.25, 0.3) is 0 Å². The Balaban J connectivity index is 2.47. The van der Waals surface area contributed by atoms with Gasteiger partial charge in [0.15, 0.2) is 5.69 Å². The maximum atomic E-state index is 11.8. The molecule has 6 heteroatoms. The Morgan fingerprint density at radius 2 is 2.27 bits per heavy atom. The molecule has 0 aromatic carbocycles. The van der Waals surface area contributed by atoms with E-state index in [9.17, 15) is 4.79 Å². The van der Waals surface area contributed by atoms with Crippen LogP contribution in [0.4, 0.5) is 0 Å². The molecule has 0 aliphatic heterocycles. The highest BCUT2D eigenvalue weighted by Crippen LogP contribution is 2.19. The van der Waals surface area contributed by atoms with Crippen LogP contribution in [-0.2, 0) is 7.05 Å². The normalized spacial score (nSPS) is 10.6. The summed E-state index contributed by atoms with van der Waals surface area (Å²) in [4.78, 5) is 11.8. The number of nitrogens with zero attached hydrogens (tertiary/aromatic N) is 4. The largest absolute Gasteiger partial charge is 0.300 e. The van der Waals surface area contributed by atoms with Gasteiger partial charge in [0.1, 0.15) is 0 Å². The van der Waals surface area contributed by atoms with E-state index >= 15 is 0 Å². The monoisotopic (exact) mass is 224 g/mol. The molecule has 2 heterocycles. The van der Waals surface area contributed by atoms with E-state index in [2.05, 4.69) is 10.2 Å². The first-order valence-corrected chi connectivity index (χ1v) is 4.72. The molecule has 78 valence electrons. The standard InChI is InChI=1S/C9H9ClN4O/c1-6-7(10)8(12-13(6)2)9(15)14-5-3-4-11-14/h3-5H,1-2H3. The second-order valence-electron chi connectivity index (χ2n) is 3.13. The van der Waals surface area contributed by atoms with Crippen LogP contribution in [0.15, 0.2) is 18.5 Å². The zero-order chi connectivity index (χ0) is 11.0. The molecule has 2 rings (SSSR count). The van der Waals surface area contributed by atoms with E-state index in [1.165, 1.54) is 10.9 Å². The summed E-state index contributed by atoms with van der Waals surface area (Å²) in [6.07, 6.45) is 3.09. The molecule has 0 bridgehead atoms. The fraction of sp³-hybridized carbons (Fsp3) is 0.222. The van der Waals surface area contributed by atoms with Crippen molar-refractivity contribution >= 4 is 17.5 Å². The maximum Gasteiger partial charge on any atom is 0.300 e. The van der Waals surface area contributed by atoms with Gasteiger partial charge in [-0.15, -0.1) is 0 Å². The van der Waals surface area contributed by atoms with E-state index in [1.54, 1.807) is 30.9 Å². The van der Waals surface area contributed by atoms with E-state index < -0.39 is 0 Å². The van der Waals surface area contributed by atoms with Crippen molar-refractivity contribution < 1.29 is 4.79 Å². The van der Waals surface area contributed by atoms with Crippen molar-refractivity contribution in [2.75, 3.05) is 0 Å². The van der Waals surface area contributed by atoms with Crippen LogP contribution in [0.2, 0.25) is 5.02 Å². The van der Waals surface area contributed by atoms with Crippen LogP contribution >= 0.6 is 11.6 Å². The van der Waals surface area contributed by atoms with Crippen molar-refractivity contribution in [1.82, 2.24) is 19.6 Å². The molecule has 2 aromatic rings. The second-order valence-corrected chi connectivity index (χ2v) is 3.51. The lowest BCUT2D eigenvalue weighted by atomic mass is 10.3. The molecule has 0 spiro atoms. The molecule has 0 fully saturated rings. The average Bonchev–Trinajstić information content (AvgIpc) is 2.82. The van der Waals surface area contributed by atoms with Crippen LogP contribution in [0.1, 0.15) is 16.2 Å². The third-order valence-electron chi connectivity index (χ3n) is 2.18. The van der Waals surface area contributed by atoms with E-state index in [0.717, 1.165) is 5.69 Å². The van der Waals surface area contributed by atoms with Gasteiger partial charge in [-0.25, -0.2) is 4.68 Å². The lowest BCUT2D eigenvalue weighted by molar-refractivity contribution is 0.0939. The third-order valence-corrected chi connectivity index (χ3v) is 2.63. The van der Waals surface area contributed by atoms with Crippen molar-refractivity contribution in [3.05, 3.63) is 34.9 Å². The number of halogens is 1. The lowest BCUT2D eigenvalue weighted by Crippen LogP contribution is -2.13. The highest BCUT2D eigenvalue weighted by Gasteiger charge is 2.19. The molecular formula is C9H9ClN4O. The number of carbonyl (C=O) groups is 1. The molecule has 0 N–H and O–H groups in total. The predicted molar refractivity (Wildman–Crippen MR) is 54.9 cm³/mol. The van der Waals surface area contributed by atoms with Gasteiger partial charge in [-0.1, -0.05) is 11.6 Å². The van der Waals surface area contributed by atoms with E-state index in [-0.39, 0.29) is 11.6 Å². The summed E-state index contributed by atoms with van der Waals surface area (Å²) in [6, 6.07) is 1.67. The highest BCUT2D eigenvalue weighted by atomic mass is 35.5. The Bertz CT molecular complexity index is 500. The van der Waals surface area contributed by atoms with Gasteiger partial charge in [-0.3, -0.25) is 9.48 Å². The van der Waals surface area contributed by atoms with Gasteiger partial charge >= 0.3 is 0 Å². The average molecular weight is 225 g/mol. The number of carbonyl (C=O) groups excluding carboxylic acids is 1. The number of rotatable bonds is 1. The van der Waals surface area contributed by atoms with Gasteiger partial charge in [0.25, 0.3) is 5.91 Å². The molecule has 0 unspecified atom stereocenters. The smallest absolute Gasteiger partial charge is 0.271 e. The van der Waals surface area contributed by atoms with Gasteiger partial charge < -0.3 is 0 Å². The van der Waals surface area contributed by atoms with Gasteiger partial charge in [0, 0.05) is 19.4 Å². The van der Waals surface area contributed by atoms with Crippen LogP contribution < -0.4 is 0 Å². The summed E-state index contributed by atoms with van der Waals surface area (Å²) >= 11 is 5.98. The first-order valence-electron chi connectivity index (χ1n) is 4.34. The maximum absolute atomic E-state index is 11.8. The zero-order valence-corrected chi connectivity index (χ0v) is 9.06. The Morgan fingerprint density at radius 1 is 1.53 bits per heavy atom. The first kappa shape index (κ1) is 9.92. The van der Waals surface area contributed by atoms with E-state index in [1.807, 2.05) is 0 Å². The highest BCUT2D eigenvalue weighted by molar-refractivity contribution is 6.34. The molecule has 0 aliphatic rings. The Hall–Kier alpha value is -1.62. The summed E-state index contributed by atoms with van der Waals surface area (Å²) in [5.74, 6) is -0.325. The third kappa shape index (κ3) is 1.55. The number of aromatic nitrogens is 4. The van der Waals surface area contributed by atoms with Gasteiger partial charge in [-0.2, -0.15) is 10.2 Å². The van der Waals surface area contributed by atoms with Crippen molar-refractivity contribution in [1.29, 1.82) is 0 Å². The summed E-state index contributed by atoms with van der Waals surface area (Å²) < 4.78 is 2.77. The van der Waals surface area contributed by atoms with Crippen molar-refractivity contribution in [3.8, 4) is 0 Å². The number of hydrogen-bond donors (Lipinski definition) is 0. The summed E-state index contributed by atoms with van der Waals surface area (Å²) in [5.41, 5.74) is 0.979. The molecule has 0 atom stereocenters. The van der Waals surface area contributed by atoms with Crippen LogP contribution in [0.5, 0.6) is 0 Å². The molecule has 0 saturated carbocycles. The Kier molecular flexibility index (Phi) is 2.32. The molecule has 2 aromatic heterocycles. The van der Waals surface area contributed by atoms with Crippen molar-refractivity contribution in [2.45, 2.75) is 6.92 Å². The molecular weight excluding hydrogens is 216 g/mol. The number of aryl methyl sites for hydroxylation is 1. The SMILES string of the molecule is Cc1c(Cl)c(C(=O)n2cccn2)nn1C. The fourth-order valence-corrected chi connectivity index (χ4v) is 1.46. The minimum Gasteiger partial charge on any atom is -0.271 e. The van der Waals surface area contributed by atoms with Crippen molar-refractivity contribution in [3.63, 3.8) is 0 Å². The molecule has 15 heavy (non-hydrogen) atoms. The second kappa shape index (κ2) is 3.51. The van der Waals surface area contributed by atoms with Crippen LogP contribution in [0.3, 0.4) is 0 Å². The molecule has 5 nitrogen and oxygen atoms in total. The number of hydrogen-bond acceptors (Lipinski definition) is 3. The summed E-state index contributed by atoms with van der Waals surface area (Å²) in [7, 11) is 1.74. The van der Waals surface area contributed by atoms with Gasteiger partial charge in [-0.05, 0) is 13.0 Å². The van der Waals surface area contributed by atoms with Crippen LogP contribution in [0, 0.1) is 6.92 Å². The van der Waals surface area contributed by atoms with Gasteiger partial charge in [0.2, 0.25) is 0 Å². The topological polar surface area (TPSA) is 52.7 Å². The molecule has 0 radical (unpaired) electrons. The minimum absolute atomic E-state index is 0.223. The minimum atomic E-state index is -0.325. The Labute approximate surface area is 91.3 Å². The van der Waals surface area contributed by atoms with Crippen LogP contribution in [-0.4, -0.2) is 25.5 Å². The lowest BCUT2D eigenvalue weighted by Gasteiger charge is -1.95. The Morgan fingerprint density at radius 3 is 2.73 bits per heavy atom. The molecule has 0 aliphatic carbocycles. The molecule has 0 amide bonds. The fourth-order valence-electron chi connectivity index (χ4n) is 1.22. The molecule has 0 saturated heterocycles. The first-order chi connectivity index (χ1) is 7.11. The predicted octanol–water partition coefficient (Wildman–Crippen LogP) is 1.27. The quantitative estimate of drug-likeness (QED) is 0.733. The van der Waals surface area contributed by atoms with E-state index in [0.29, 0.717) is 5.02 Å². The van der Waals surface area contributed by atoms with Crippen molar-refractivity contribution in [2.24, 2.45) is 7.05 Å². The summed E-state index contributed by atoms with van der Waals surface area (Å²) in [6.45, 7) is 1.80. The zero-order valence-electron chi connectivity index (χ0n) is 8.31. The van der Waals surface area contributed by atoms with Gasteiger partial charge in [0.05, 0.1) is 10.7 Å². The summed E-state index contributed by atoms with van der Waals surface area (Å²) in [5, 5.41) is 8.24.